The SMILES string of the molecule is CC[C@@H](C)Oc1c(I)cc(/C=C2\C(=O)NC(=O)N(C3CCCC3)C2=O)cc1OC. The lowest BCUT2D eigenvalue weighted by Gasteiger charge is -2.31. The molecular weight excluding hydrogens is 487 g/mol. The highest BCUT2D eigenvalue weighted by molar-refractivity contribution is 14.1. The van der Waals surface area contributed by atoms with E-state index in [9.17, 15) is 14.4 Å². The van der Waals surface area contributed by atoms with Gasteiger partial charge in [0.2, 0.25) is 0 Å². The molecule has 0 bridgehead atoms. The van der Waals surface area contributed by atoms with E-state index in [1.54, 1.807) is 13.2 Å². The average molecular weight is 512 g/mol. The lowest BCUT2D eigenvalue weighted by Crippen LogP contribution is -2.57. The molecule has 1 aliphatic heterocycles. The molecule has 3 rings (SSSR count). The highest BCUT2D eigenvalue weighted by Gasteiger charge is 2.40. The molecule has 8 heteroatoms. The van der Waals surface area contributed by atoms with Gasteiger partial charge in [-0.25, -0.2) is 4.79 Å². The van der Waals surface area contributed by atoms with Gasteiger partial charge in [-0.1, -0.05) is 19.8 Å². The molecule has 29 heavy (non-hydrogen) atoms. The molecular formula is C21H25IN2O5. The number of methoxy groups -OCH3 is 1. The molecule has 0 unspecified atom stereocenters. The summed E-state index contributed by atoms with van der Waals surface area (Å²) in [5, 5.41) is 2.30. The molecule has 1 aromatic rings. The minimum atomic E-state index is -0.678. The predicted molar refractivity (Wildman–Crippen MR) is 117 cm³/mol. The Balaban J connectivity index is 1.95. The molecule has 0 radical (unpaired) electrons. The van der Waals surface area contributed by atoms with Gasteiger partial charge in [0.1, 0.15) is 5.57 Å². The number of benzene rings is 1. The lowest BCUT2D eigenvalue weighted by atomic mass is 10.0. The summed E-state index contributed by atoms with van der Waals surface area (Å²) in [6.45, 7) is 4.01. The van der Waals surface area contributed by atoms with Crippen LogP contribution >= 0.6 is 22.6 Å². The third-order valence-electron chi connectivity index (χ3n) is 5.28. The number of hydrogen-bond acceptors (Lipinski definition) is 5. The Bertz CT molecular complexity index is 861. The van der Waals surface area contributed by atoms with Crippen molar-refractivity contribution < 1.29 is 23.9 Å². The first kappa shape index (κ1) is 21.6. The highest BCUT2D eigenvalue weighted by atomic mass is 127. The summed E-state index contributed by atoms with van der Waals surface area (Å²) in [6.07, 6.45) is 5.87. The van der Waals surface area contributed by atoms with Crippen molar-refractivity contribution in [2.75, 3.05) is 7.11 Å². The third kappa shape index (κ3) is 4.57. The molecule has 7 nitrogen and oxygen atoms in total. The van der Waals surface area contributed by atoms with Crippen LogP contribution in [0.15, 0.2) is 17.7 Å². The van der Waals surface area contributed by atoms with Crippen LogP contribution in [0.3, 0.4) is 0 Å². The number of barbiturate groups is 1. The quantitative estimate of drug-likeness (QED) is 0.356. The molecule has 4 amide bonds. The van der Waals surface area contributed by atoms with Crippen LogP contribution in [0.5, 0.6) is 11.5 Å². The first-order chi connectivity index (χ1) is 13.8. The van der Waals surface area contributed by atoms with Crippen molar-refractivity contribution in [3.8, 4) is 11.5 Å². The first-order valence-corrected chi connectivity index (χ1v) is 10.9. The van der Waals surface area contributed by atoms with E-state index < -0.39 is 17.8 Å². The second-order valence-corrected chi connectivity index (χ2v) is 8.46. The van der Waals surface area contributed by atoms with Crippen LogP contribution in [-0.4, -0.2) is 42.0 Å². The molecule has 1 atom stereocenters. The van der Waals surface area contributed by atoms with Gasteiger partial charge >= 0.3 is 6.03 Å². The summed E-state index contributed by atoms with van der Waals surface area (Å²) >= 11 is 2.14. The van der Waals surface area contributed by atoms with Crippen molar-refractivity contribution in [2.45, 2.75) is 58.1 Å². The molecule has 1 saturated carbocycles. The second kappa shape index (κ2) is 9.15. The molecule has 1 heterocycles. The van der Waals surface area contributed by atoms with Gasteiger partial charge in [-0.15, -0.1) is 0 Å². The average Bonchev–Trinajstić information content (AvgIpc) is 3.20. The molecule has 1 N–H and O–H groups in total. The first-order valence-electron chi connectivity index (χ1n) is 9.80. The standard InChI is InChI=1S/C21H25IN2O5/c1-4-12(2)29-18-16(22)10-13(11-17(18)28-3)9-15-19(25)23-21(27)24(20(15)26)14-7-5-6-8-14/h9-12,14H,4-8H2,1-3H3,(H,23,25,27)/b15-9+/t12-/m1/s1. The number of halogens is 1. The van der Waals surface area contributed by atoms with E-state index in [4.69, 9.17) is 9.47 Å². The van der Waals surface area contributed by atoms with E-state index in [1.807, 2.05) is 19.9 Å². The van der Waals surface area contributed by atoms with Crippen molar-refractivity contribution in [1.29, 1.82) is 0 Å². The fourth-order valence-corrected chi connectivity index (χ4v) is 4.31. The number of nitrogens with zero attached hydrogens (tertiary/aromatic N) is 1. The van der Waals surface area contributed by atoms with Crippen LogP contribution in [0.1, 0.15) is 51.5 Å². The molecule has 1 saturated heterocycles. The Kier molecular flexibility index (Phi) is 6.81. The number of urea groups is 1. The van der Waals surface area contributed by atoms with Gasteiger partial charge in [0.05, 0.1) is 16.8 Å². The lowest BCUT2D eigenvalue weighted by molar-refractivity contribution is -0.131. The van der Waals surface area contributed by atoms with E-state index in [-0.39, 0.29) is 17.7 Å². The summed E-state index contributed by atoms with van der Waals surface area (Å²) in [6, 6.07) is 2.77. The van der Waals surface area contributed by atoms with Crippen LogP contribution < -0.4 is 14.8 Å². The maximum absolute atomic E-state index is 12.9. The van der Waals surface area contributed by atoms with Gasteiger partial charge in [0.15, 0.2) is 11.5 Å². The van der Waals surface area contributed by atoms with Gasteiger partial charge in [0.25, 0.3) is 11.8 Å². The molecule has 0 spiro atoms. The zero-order valence-corrected chi connectivity index (χ0v) is 18.9. The summed E-state index contributed by atoms with van der Waals surface area (Å²) in [5.74, 6) is -0.0639. The fourth-order valence-electron chi connectivity index (χ4n) is 3.55. The molecule has 0 aromatic heterocycles. The van der Waals surface area contributed by atoms with Crippen molar-refractivity contribution in [2.24, 2.45) is 0 Å². The predicted octanol–water partition coefficient (Wildman–Crippen LogP) is 3.88. The number of amides is 4. The summed E-state index contributed by atoms with van der Waals surface area (Å²) < 4.78 is 12.2. The Morgan fingerprint density at radius 2 is 1.97 bits per heavy atom. The van der Waals surface area contributed by atoms with Crippen LogP contribution in [0, 0.1) is 3.57 Å². The molecule has 2 aliphatic rings. The number of carbonyl (C=O) groups is 3. The van der Waals surface area contributed by atoms with Gasteiger partial charge in [-0.3, -0.25) is 19.8 Å². The minimum absolute atomic E-state index is 0.0262. The van der Waals surface area contributed by atoms with E-state index in [0.717, 1.165) is 35.7 Å². The second-order valence-electron chi connectivity index (χ2n) is 7.30. The summed E-state index contributed by atoms with van der Waals surface area (Å²) in [5.41, 5.74) is 0.576. The van der Waals surface area contributed by atoms with E-state index in [2.05, 4.69) is 27.9 Å². The number of ether oxygens (including phenoxy) is 2. The normalized spacial score (nSPS) is 20.2. The van der Waals surface area contributed by atoms with Crippen molar-refractivity contribution in [3.05, 3.63) is 26.8 Å². The molecule has 156 valence electrons. The maximum atomic E-state index is 12.9. The Hall–Kier alpha value is -2.10. The van der Waals surface area contributed by atoms with Crippen LogP contribution in [0.25, 0.3) is 6.08 Å². The maximum Gasteiger partial charge on any atom is 0.331 e. The Labute approximate surface area is 183 Å². The van der Waals surface area contributed by atoms with E-state index in [1.165, 1.54) is 11.0 Å². The van der Waals surface area contributed by atoms with Gasteiger partial charge < -0.3 is 9.47 Å². The summed E-state index contributed by atoms with van der Waals surface area (Å²) in [4.78, 5) is 38.7. The number of rotatable bonds is 6. The van der Waals surface area contributed by atoms with Crippen LogP contribution in [0.2, 0.25) is 0 Å². The molecule has 1 aliphatic carbocycles. The Morgan fingerprint density at radius 1 is 1.28 bits per heavy atom. The zero-order valence-electron chi connectivity index (χ0n) is 16.8. The smallest absolute Gasteiger partial charge is 0.331 e. The number of nitrogens with one attached hydrogen (secondary N) is 1. The number of carbonyl (C=O) groups excluding carboxylic acids is 3. The van der Waals surface area contributed by atoms with Gasteiger partial charge in [-0.05, 0) is 72.5 Å². The monoisotopic (exact) mass is 512 g/mol. The Morgan fingerprint density at radius 3 is 2.59 bits per heavy atom. The highest BCUT2D eigenvalue weighted by Crippen LogP contribution is 2.36. The minimum Gasteiger partial charge on any atom is -0.493 e. The largest absolute Gasteiger partial charge is 0.493 e. The van der Waals surface area contributed by atoms with E-state index >= 15 is 0 Å². The molecule has 2 fully saturated rings. The van der Waals surface area contributed by atoms with Crippen LogP contribution in [0.4, 0.5) is 4.79 Å². The van der Waals surface area contributed by atoms with Crippen molar-refractivity contribution >= 4 is 46.5 Å². The number of hydrogen-bond donors (Lipinski definition) is 1. The summed E-state index contributed by atoms with van der Waals surface area (Å²) in [7, 11) is 1.55. The van der Waals surface area contributed by atoms with Crippen molar-refractivity contribution in [1.82, 2.24) is 10.2 Å². The van der Waals surface area contributed by atoms with Crippen molar-refractivity contribution in [3.63, 3.8) is 0 Å². The van der Waals surface area contributed by atoms with Gasteiger partial charge in [-0.2, -0.15) is 0 Å². The van der Waals surface area contributed by atoms with E-state index in [0.29, 0.717) is 17.1 Å². The molecule has 1 aromatic carbocycles. The fraction of sp³-hybridized carbons (Fsp3) is 0.476. The zero-order chi connectivity index (χ0) is 21.1. The topological polar surface area (TPSA) is 84.9 Å². The van der Waals surface area contributed by atoms with Crippen LogP contribution in [-0.2, 0) is 9.59 Å². The third-order valence-corrected chi connectivity index (χ3v) is 6.08. The van der Waals surface area contributed by atoms with Gasteiger partial charge in [0, 0.05) is 6.04 Å². The number of imide groups is 2.